The molecule has 1 aromatic rings. The van der Waals surface area contributed by atoms with E-state index in [0.717, 1.165) is 6.42 Å². The standard InChI is InChI=1S/C14H23N3O5/c1-21-10-5-12(19)14(9-18,22-7-10)8-17-6-11(15-16-17)13(20)3-2-4-13/h6,10,12,18-20H,2-5,7-9H2,1H3. The second-order valence-electron chi connectivity index (χ2n) is 6.33. The normalized spacial score (nSPS) is 34.4. The van der Waals surface area contributed by atoms with Crippen molar-refractivity contribution in [2.75, 3.05) is 20.3 Å². The first-order chi connectivity index (χ1) is 10.5. The van der Waals surface area contributed by atoms with Crippen molar-refractivity contribution < 1.29 is 24.8 Å². The Labute approximate surface area is 128 Å². The number of nitrogens with zero attached hydrogens (tertiary/aromatic N) is 3. The second kappa shape index (κ2) is 5.86. The van der Waals surface area contributed by atoms with E-state index in [0.29, 0.717) is 31.6 Å². The summed E-state index contributed by atoms with van der Waals surface area (Å²) in [4.78, 5) is 0. The molecule has 3 N–H and O–H groups in total. The zero-order chi connectivity index (χ0) is 15.8. The summed E-state index contributed by atoms with van der Waals surface area (Å²) in [6, 6.07) is 0. The van der Waals surface area contributed by atoms with E-state index in [-0.39, 0.29) is 19.3 Å². The molecule has 2 fully saturated rings. The first kappa shape index (κ1) is 15.8. The molecule has 3 atom stereocenters. The van der Waals surface area contributed by atoms with Gasteiger partial charge in [-0.25, -0.2) is 4.68 Å². The number of aromatic nitrogens is 3. The molecule has 0 bridgehead atoms. The molecule has 2 aliphatic rings. The fraction of sp³-hybridized carbons (Fsp3) is 0.857. The minimum atomic E-state index is -1.12. The zero-order valence-corrected chi connectivity index (χ0v) is 12.7. The molecule has 3 rings (SSSR count). The number of ether oxygens (including phenoxy) is 2. The SMILES string of the molecule is COC1COC(CO)(Cn2cc(C3(O)CCC3)nn2)C(O)C1. The number of aliphatic hydroxyl groups excluding tert-OH is 2. The molecular weight excluding hydrogens is 290 g/mol. The van der Waals surface area contributed by atoms with Crippen LogP contribution in [0.15, 0.2) is 6.20 Å². The lowest BCUT2D eigenvalue weighted by molar-refractivity contribution is -0.214. The Morgan fingerprint density at radius 1 is 1.50 bits per heavy atom. The minimum absolute atomic E-state index is 0.171. The highest BCUT2D eigenvalue weighted by molar-refractivity contribution is 5.11. The number of hydrogen-bond donors (Lipinski definition) is 3. The maximum absolute atomic E-state index is 10.3. The third-order valence-corrected chi connectivity index (χ3v) is 4.88. The molecule has 8 nitrogen and oxygen atoms in total. The molecular formula is C14H23N3O5. The van der Waals surface area contributed by atoms with Gasteiger partial charge in [0.15, 0.2) is 0 Å². The lowest BCUT2D eigenvalue weighted by Crippen LogP contribution is -2.57. The molecule has 2 heterocycles. The van der Waals surface area contributed by atoms with E-state index in [4.69, 9.17) is 9.47 Å². The van der Waals surface area contributed by atoms with Gasteiger partial charge in [0.25, 0.3) is 0 Å². The predicted octanol–water partition coefficient (Wildman–Crippen LogP) is -0.823. The number of methoxy groups -OCH3 is 1. The van der Waals surface area contributed by atoms with E-state index in [1.54, 1.807) is 13.3 Å². The molecule has 1 aromatic heterocycles. The van der Waals surface area contributed by atoms with Gasteiger partial charge in [0.05, 0.1) is 38.2 Å². The maximum Gasteiger partial charge on any atom is 0.137 e. The average molecular weight is 313 g/mol. The Morgan fingerprint density at radius 2 is 2.27 bits per heavy atom. The summed E-state index contributed by atoms with van der Waals surface area (Å²) in [5.74, 6) is 0. The number of rotatable bonds is 5. The molecule has 1 saturated heterocycles. The van der Waals surface area contributed by atoms with Crippen LogP contribution >= 0.6 is 0 Å². The van der Waals surface area contributed by atoms with Gasteiger partial charge in [-0.15, -0.1) is 5.10 Å². The molecule has 0 spiro atoms. The van der Waals surface area contributed by atoms with Gasteiger partial charge >= 0.3 is 0 Å². The van der Waals surface area contributed by atoms with Gasteiger partial charge in [-0.05, 0) is 19.3 Å². The van der Waals surface area contributed by atoms with E-state index in [2.05, 4.69) is 10.3 Å². The predicted molar refractivity (Wildman–Crippen MR) is 75.0 cm³/mol. The van der Waals surface area contributed by atoms with Crippen LogP contribution in [-0.2, 0) is 21.6 Å². The van der Waals surface area contributed by atoms with Crippen molar-refractivity contribution >= 4 is 0 Å². The summed E-state index contributed by atoms with van der Waals surface area (Å²) >= 11 is 0. The van der Waals surface area contributed by atoms with Crippen molar-refractivity contribution in [3.05, 3.63) is 11.9 Å². The fourth-order valence-corrected chi connectivity index (χ4v) is 3.03. The van der Waals surface area contributed by atoms with Crippen molar-refractivity contribution in [3.8, 4) is 0 Å². The Balaban J connectivity index is 1.73. The Morgan fingerprint density at radius 3 is 2.82 bits per heavy atom. The third kappa shape index (κ3) is 2.65. The summed E-state index contributed by atoms with van der Waals surface area (Å²) in [6.07, 6.45) is 3.35. The van der Waals surface area contributed by atoms with Crippen LogP contribution in [0.3, 0.4) is 0 Å². The highest BCUT2D eigenvalue weighted by atomic mass is 16.6. The van der Waals surface area contributed by atoms with Crippen LogP contribution in [0.1, 0.15) is 31.4 Å². The molecule has 0 aromatic carbocycles. The van der Waals surface area contributed by atoms with Gasteiger partial charge in [0.2, 0.25) is 0 Å². The highest BCUT2D eigenvalue weighted by Crippen LogP contribution is 2.40. The van der Waals surface area contributed by atoms with Crippen LogP contribution < -0.4 is 0 Å². The minimum Gasteiger partial charge on any atom is -0.393 e. The second-order valence-corrected chi connectivity index (χ2v) is 6.33. The Bertz CT molecular complexity index is 518. The molecule has 0 radical (unpaired) electrons. The molecule has 1 saturated carbocycles. The molecule has 1 aliphatic carbocycles. The van der Waals surface area contributed by atoms with Gasteiger partial charge in [-0.3, -0.25) is 0 Å². The van der Waals surface area contributed by atoms with Crippen molar-refractivity contribution in [1.82, 2.24) is 15.0 Å². The van der Waals surface area contributed by atoms with Crippen molar-refractivity contribution in [2.45, 2.75) is 55.6 Å². The van der Waals surface area contributed by atoms with Crippen LogP contribution in [0.2, 0.25) is 0 Å². The largest absolute Gasteiger partial charge is 0.393 e. The average Bonchev–Trinajstić information content (AvgIpc) is 2.95. The van der Waals surface area contributed by atoms with Crippen LogP contribution in [0.5, 0.6) is 0 Å². The van der Waals surface area contributed by atoms with Crippen molar-refractivity contribution in [2.24, 2.45) is 0 Å². The quantitative estimate of drug-likeness (QED) is 0.651. The maximum atomic E-state index is 10.3. The van der Waals surface area contributed by atoms with Gasteiger partial charge in [0, 0.05) is 13.5 Å². The van der Waals surface area contributed by atoms with Gasteiger partial charge in [-0.2, -0.15) is 0 Å². The molecule has 1 aliphatic heterocycles. The van der Waals surface area contributed by atoms with Gasteiger partial charge in [-0.1, -0.05) is 5.21 Å². The molecule has 124 valence electrons. The van der Waals surface area contributed by atoms with E-state index in [1.165, 1.54) is 4.68 Å². The monoisotopic (exact) mass is 313 g/mol. The number of aliphatic hydroxyl groups is 3. The van der Waals surface area contributed by atoms with E-state index < -0.39 is 17.3 Å². The van der Waals surface area contributed by atoms with E-state index >= 15 is 0 Å². The van der Waals surface area contributed by atoms with Crippen LogP contribution in [0.25, 0.3) is 0 Å². The Hall–Kier alpha value is -1.06. The number of hydrogen-bond acceptors (Lipinski definition) is 7. The van der Waals surface area contributed by atoms with Crippen molar-refractivity contribution in [1.29, 1.82) is 0 Å². The summed E-state index contributed by atoms with van der Waals surface area (Å²) < 4.78 is 12.4. The van der Waals surface area contributed by atoms with E-state index in [1.807, 2.05) is 0 Å². The highest BCUT2D eigenvalue weighted by Gasteiger charge is 2.45. The van der Waals surface area contributed by atoms with Crippen LogP contribution in [-0.4, -0.2) is 68.4 Å². The van der Waals surface area contributed by atoms with E-state index in [9.17, 15) is 15.3 Å². The molecule has 8 heteroatoms. The van der Waals surface area contributed by atoms with Crippen LogP contribution in [0, 0.1) is 0 Å². The molecule has 0 amide bonds. The van der Waals surface area contributed by atoms with Crippen molar-refractivity contribution in [3.63, 3.8) is 0 Å². The molecule has 22 heavy (non-hydrogen) atoms. The lowest BCUT2D eigenvalue weighted by Gasteiger charge is -2.42. The lowest BCUT2D eigenvalue weighted by atomic mass is 9.78. The van der Waals surface area contributed by atoms with Crippen LogP contribution in [0.4, 0.5) is 0 Å². The first-order valence-electron chi connectivity index (χ1n) is 7.60. The summed E-state index contributed by atoms with van der Waals surface area (Å²) in [5, 5.41) is 38.3. The summed E-state index contributed by atoms with van der Waals surface area (Å²) in [5.41, 5.74) is -1.47. The smallest absolute Gasteiger partial charge is 0.137 e. The topological polar surface area (TPSA) is 110 Å². The summed E-state index contributed by atoms with van der Waals surface area (Å²) in [6.45, 7) is 0.147. The fourth-order valence-electron chi connectivity index (χ4n) is 3.03. The zero-order valence-electron chi connectivity index (χ0n) is 12.7. The summed E-state index contributed by atoms with van der Waals surface area (Å²) in [7, 11) is 1.57. The van der Waals surface area contributed by atoms with Gasteiger partial charge in [0.1, 0.15) is 16.9 Å². The first-order valence-corrected chi connectivity index (χ1v) is 7.60. The van der Waals surface area contributed by atoms with Gasteiger partial charge < -0.3 is 24.8 Å². The molecule has 3 unspecified atom stereocenters. The third-order valence-electron chi connectivity index (χ3n) is 4.88. The Kier molecular flexibility index (Phi) is 4.21.